The third-order valence-electron chi connectivity index (χ3n) is 11.0. The number of para-hydroxylation sites is 1. The van der Waals surface area contributed by atoms with E-state index in [4.69, 9.17) is 19.4 Å². The van der Waals surface area contributed by atoms with Crippen LogP contribution in [-0.2, 0) is 0 Å². The average Bonchev–Trinajstić information content (AvgIpc) is 3.97. The summed E-state index contributed by atoms with van der Waals surface area (Å²) < 4.78 is 11.3. The highest BCUT2D eigenvalue weighted by Gasteiger charge is 2.18. The van der Waals surface area contributed by atoms with Crippen LogP contribution < -0.4 is 0 Å². The Labute approximate surface area is 335 Å². The second-order valence-corrected chi connectivity index (χ2v) is 16.5. The summed E-state index contributed by atoms with van der Waals surface area (Å²) in [6.45, 7) is 0. The van der Waals surface area contributed by atoms with Crippen molar-refractivity contribution in [2.45, 2.75) is 0 Å². The van der Waals surface area contributed by atoms with Crippen LogP contribution in [0.5, 0.6) is 0 Å². The molecule has 12 aromatic rings. The van der Waals surface area contributed by atoms with Crippen LogP contribution in [0.15, 0.2) is 180 Å². The molecule has 4 aromatic heterocycles. The zero-order chi connectivity index (χ0) is 37.5. The van der Waals surface area contributed by atoms with Gasteiger partial charge in [0, 0.05) is 67.8 Å². The third-order valence-corrected chi connectivity index (χ3v) is 13.2. The molecule has 57 heavy (non-hydrogen) atoms. The van der Waals surface area contributed by atoms with Gasteiger partial charge in [0.1, 0.15) is 11.2 Å². The van der Waals surface area contributed by atoms with E-state index < -0.39 is 0 Å². The quantitative estimate of drug-likeness (QED) is 0.175. The minimum absolute atomic E-state index is 0.602. The number of nitrogens with zero attached hydrogens (tertiary/aromatic N) is 3. The Morgan fingerprint density at radius 2 is 0.860 bits per heavy atom. The number of furan rings is 1. The van der Waals surface area contributed by atoms with E-state index in [1.165, 1.54) is 62.6 Å². The van der Waals surface area contributed by atoms with Crippen LogP contribution in [0, 0.1) is 0 Å². The monoisotopic (exact) mass is 763 g/mol. The van der Waals surface area contributed by atoms with E-state index in [0.717, 1.165) is 38.6 Å². The molecule has 0 saturated heterocycles. The minimum atomic E-state index is 0.602. The molecule has 0 bridgehead atoms. The van der Waals surface area contributed by atoms with Crippen molar-refractivity contribution in [3.8, 4) is 56.4 Å². The maximum Gasteiger partial charge on any atom is 0.164 e. The van der Waals surface area contributed by atoms with Crippen LogP contribution in [0.3, 0.4) is 0 Å². The molecule has 0 aliphatic rings. The van der Waals surface area contributed by atoms with Gasteiger partial charge in [0.05, 0.1) is 0 Å². The summed E-state index contributed by atoms with van der Waals surface area (Å²) in [5, 5.41) is 7.28. The molecule has 0 unspecified atom stereocenters. The Kier molecular flexibility index (Phi) is 7.24. The number of benzene rings is 8. The molecule has 0 radical (unpaired) electrons. The zero-order valence-electron chi connectivity index (χ0n) is 30.3. The number of hydrogen-bond donors (Lipinski definition) is 0. The van der Waals surface area contributed by atoms with Crippen LogP contribution in [0.4, 0.5) is 0 Å². The van der Waals surface area contributed by atoms with Crippen molar-refractivity contribution >= 4 is 85.0 Å². The zero-order valence-corrected chi connectivity index (χ0v) is 31.9. The number of aromatic nitrogens is 3. The van der Waals surface area contributed by atoms with Gasteiger partial charge < -0.3 is 4.42 Å². The van der Waals surface area contributed by atoms with Gasteiger partial charge in [0.15, 0.2) is 17.5 Å². The van der Waals surface area contributed by atoms with E-state index >= 15 is 0 Å². The topological polar surface area (TPSA) is 51.8 Å². The van der Waals surface area contributed by atoms with Gasteiger partial charge in [-0.2, -0.15) is 0 Å². The van der Waals surface area contributed by atoms with Crippen molar-refractivity contribution in [1.29, 1.82) is 0 Å². The largest absolute Gasteiger partial charge is 0.456 e. The van der Waals surface area contributed by atoms with Crippen LogP contribution in [-0.4, -0.2) is 15.0 Å². The van der Waals surface area contributed by atoms with Gasteiger partial charge in [-0.1, -0.05) is 133 Å². The molecule has 6 heteroatoms. The first-order valence-electron chi connectivity index (χ1n) is 18.9. The summed E-state index contributed by atoms with van der Waals surface area (Å²) in [4.78, 5) is 15.2. The van der Waals surface area contributed by atoms with E-state index in [9.17, 15) is 0 Å². The highest BCUT2D eigenvalue weighted by atomic mass is 32.1. The smallest absolute Gasteiger partial charge is 0.164 e. The summed E-state index contributed by atoms with van der Waals surface area (Å²) in [5.74, 6) is 1.86. The molecular weight excluding hydrogens is 735 g/mol. The molecule has 0 amide bonds. The van der Waals surface area contributed by atoms with Crippen LogP contribution >= 0.6 is 22.7 Å². The van der Waals surface area contributed by atoms with Gasteiger partial charge in [-0.15, -0.1) is 22.7 Å². The first-order chi connectivity index (χ1) is 28.2. The molecule has 266 valence electrons. The fourth-order valence-electron chi connectivity index (χ4n) is 8.27. The lowest BCUT2D eigenvalue weighted by molar-refractivity contribution is 0.669. The number of rotatable bonds is 5. The first-order valence-corrected chi connectivity index (χ1v) is 20.6. The van der Waals surface area contributed by atoms with Crippen molar-refractivity contribution in [3.63, 3.8) is 0 Å². The van der Waals surface area contributed by atoms with E-state index in [1.807, 2.05) is 77.3 Å². The molecule has 8 aromatic carbocycles. The van der Waals surface area contributed by atoms with Crippen molar-refractivity contribution in [3.05, 3.63) is 176 Å². The third kappa shape index (κ3) is 5.30. The van der Waals surface area contributed by atoms with Gasteiger partial charge in [-0.05, 0) is 64.7 Å². The second-order valence-electron chi connectivity index (χ2n) is 14.3. The molecule has 4 nitrogen and oxygen atoms in total. The predicted molar refractivity (Wildman–Crippen MR) is 240 cm³/mol. The lowest BCUT2D eigenvalue weighted by atomic mass is 9.91. The van der Waals surface area contributed by atoms with E-state index in [2.05, 4.69) is 121 Å². The fraction of sp³-hybridized carbons (Fsp3) is 0. The summed E-state index contributed by atoms with van der Waals surface area (Å²) in [6.07, 6.45) is 0. The Morgan fingerprint density at radius 1 is 0.316 bits per heavy atom. The van der Waals surface area contributed by atoms with Gasteiger partial charge >= 0.3 is 0 Å². The highest BCUT2D eigenvalue weighted by Crippen LogP contribution is 2.45. The number of hydrogen-bond acceptors (Lipinski definition) is 6. The van der Waals surface area contributed by atoms with E-state index in [1.54, 1.807) is 0 Å². The SMILES string of the molecule is c1ccc(-c2nc(-c3ccc4c(c3)oc3ccccc34)nc(-c3ccc4c(c3)sc3cccc(-c5ccccc5-c5ccc6c(c5)sc5ccccc56)c34)n2)cc1. The van der Waals surface area contributed by atoms with Crippen molar-refractivity contribution in [1.82, 2.24) is 15.0 Å². The Balaban J connectivity index is 0.988. The van der Waals surface area contributed by atoms with E-state index in [0.29, 0.717) is 17.5 Å². The Morgan fingerprint density at radius 3 is 1.72 bits per heavy atom. The average molecular weight is 764 g/mol. The molecule has 0 aliphatic carbocycles. The van der Waals surface area contributed by atoms with Gasteiger partial charge in [0.25, 0.3) is 0 Å². The molecule has 0 spiro atoms. The molecule has 0 aliphatic heterocycles. The molecule has 0 N–H and O–H groups in total. The van der Waals surface area contributed by atoms with Crippen LogP contribution in [0.25, 0.3) is 119 Å². The number of thiophene rings is 2. The Bertz CT molecular complexity index is 3540. The predicted octanol–water partition coefficient (Wildman–Crippen LogP) is 14.8. The van der Waals surface area contributed by atoms with Crippen LogP contribution in [0.1, 0.15) is 0 Å². The van der Waals surface area contributed by atoms with Crippen molar-refractivity contribution in [2.75, 3.05) is 0 Å². The van der Waals surface area contributed by atoms with Crippen molar-refractivity contribution in [2.24, 2.45) is 0 Å². The van der Waals surface area contributed by atoms with Crippen LogP contribution in [0.2, 0.25) is 0 Å². The second kappa shape index (κ2) is 12.8. The molecule has 0 atom stereocenters. The first kappa shape index (κ1) is 32.3. The molecule has 12 rings (SSSR count). The van der Waals surface area contributed by atoms with E-state index in [-0.39, 0.29) is 0 Å². The summed E-state index contributed by atoms with van der Waals surface area (Å²) in [5.41, 5.74) is 9.33. The molecule has 0 fully saturated rings. The Hall–Kier alpha value is -6.99. The normalized spacial score (nSPS) is 11.9. The fourth-order valence-corrected chi connectivity index (χ4v) is 10.6. The van der Waals surface area contributed by atoms with Gasteiger partial charge in [0.2, 0.25) is 0 Å². The summed E-state index contributed by atoms with van der Waals surface area (Å²) in [6, 6.07) is 62.2. The summed E-state index contributed by atoms with van der Waals surface area (Å²) in [7, 11) is 0. The molecule has 4 heterocycles. The van der Waals surface area contributed by atoms with Gasteiger partial charge in [-0.25, -0.2) is 15.0 Å². The molecular formula is C51H29N3OS2. The minimum Gasteiger partial charge on any atom is -0.456 e. The standard InChI is InChI=1S/C51H29N3OS2/c1-2-11-30(12-3-1)49-52-50(32-22-24-37-36-15-6-8-18-42(36)55-43(37)27-32)54-51(53-49)33-23-26-41-47(29-33)57-45-20-10-17-40(48(41)45)35-14-5-4-13-34(35)31-21-25-39-38-16-7-9-19-44(38)56-46(39)28-31/h1-29H. The highest BCUT2D eigenvalue weighted by molar-refractivity contribution is 7.26. The van der Waals surface area contributed by atoms with Crippen molar-refractivity contribution < 1.29 is 4.42 Å². The molecule has 0 saturated carbocycles. The number of fused-ring (bicyclic) bond motifs is 9. The van der Waals surface area contributed by atoms with Gasteiger partial charge in [-0.3, -0.25) is 0 Å². The lowest BCUT2D eigenvalue weighted by Gasteiger charge is -2.12. The summed E-state index contributed by atoms with van der Waals surface area (Å²) >= 11 is 3.67. The maximum atomic E-state index is 6.25. The lowest BCUT2D eigenvalue weighted by Crippen LogP contribution is -2.00. The maximum absolute atomic E-state index is 6.25.